The topological polar surface area (TPSA) is 46.3 Å². The van der Waals surface area contributed by atoms with Gasteiger partial charge < -0.3 is 9.42 Å². The van der Waals surface area contributed by atoms with Crippen molar-refractivity contribution in [3.63, 3.8) is 0 Å². The van der Waals surface area contributed by atoms with Gasteiger partial charge in [0.25, 0.3) is 0 Å². The van der Waals surface area contributed by atoms with Crippen molar-refractivity contribution >= 4 is 5.91 Å². The van der Waals surface area contributed by atoms with E-state index in [1.165, 1.54) is 12.1 Å². The molecule has 0 N–H and O–H groups in total. The van der Waals surface area contributed by atoms with Crippen molar-refractivity contribution in [2.45, 2.75) is 26.8 Å². The highest BCUT2D eigenvalue weighted by molar-refractivity contribution is 5.78. The molecule has 0 saturated heterocycles. The fourth-order valence-electron chi connectivity index (χ4n) is 2.59. The number of carbonyl (C=O) groups is 1. The number of carbonyl (C=O) groups excluding carboxylic acids is 1. The first-order valence-corrected chi connectivity index (χ1v) is 7.08. The van der Waals surface area contributed by atoms with Crippen molar-refractivity contribution in [2.24, 2.45) is 5.92 Å². The molecule has 1 aromatic heterocycles. The first kappa shape index (κ1) is 13.8. The van der Waals surface area contributed by atoms with Crippen LogP contribution in [-0.2, 0) is 17.8 Å². The lowest BCUT2D eigenvalue weighted by molar-refractivity contribution is -0.135. The fourth-order valence-corrected chi connectivity index (χ4v) is 2.59. The van der Waals surface area contributed by atoms with Gasteiger partial charge in [-0.15, -0.1) is 0 Å². The Hall–Kier alpha value is -2.17. The van der Waals surface area contributed by atoms with Crippen LogP contribution >= 0.6 is 0 Å². The van der Waals surface area contributed by atoms with Gasteiger partial charge in [0.2, 0.25) is 5.91 Å². The average molecular weight is 288 g/mol. The van der Waals surface area contributed by atoms with E-state index in [9.17, 15) is 9.18 Å². The van der Waals surface area contributed by atoms with Gasteiger partial charge >= 0.3 is 0 Å². The minimum absolute atomic E-state index is 0.0271. The monoisotopic (exact) mass is 288 g/mol. The zero-order chi connectivity index (χ0) is 15.0. The second kappa shape index (κ2) is 5.31. The minimum Gasteiger partial charge on any atom is -0.356 e. The zero-order valence-electron chi connectivity index (χ0n) is 12.1. The van der Waals surface area contributed by atoms with Gasteiger partial charge in [-0.25, -0.2) is 4.39 Å². The molecule has 1 aliphatic rings. The molecule has 0 atom stereocenters. The van der Waals surface area contributed by atoms with Gasteiger partial charge in [-0.05, 0) is 24.3 Å². The van der Waals surface area contributed by atoms with E-state index in [1.54, 1.807) is 12.1 Å². The van der Waals surface area contributed by atoms with Gasteiger partial charge in [0.15, 0.2) is 5.76 Å². The smallest absolute Gasteiger partial charge is 0.225 e. The summed E-state index contributed by atoms with van der Waals surface area (Å²) >= 11 is 0. The number of hydrogen-bond donors (Lipinski definition) is 0. The maximum absolute atomic E-state index is 13.0. The van der Waals surface area contributed by atoms with Crippen molar-refractivity contribution in [3.8, 4) is 11.3 Å². The number of halogens is 1. The van der Waals surface area contributed by atoms with Gasteiger partial charge in [0, 0.05) is 30.0 Å². The summed E-state index contributed by atoms with van der Waals surface area (Å²) in [6, 6.07) is 6.12. The summed E-state index contributed by atoms with van der Waals surface area (Å²) in [5, 5.41) is 4.09. The molecule has 2 aromatic rings. The van der Waals surface area contributed by atoms with Crippen molar-refractivity contribution in [1.82, 2.24) is 10.1 Å². The third-order valence-electron chi connectivity index (χ3n) is 3.75. The Balaban J connectivity index is 1.92. The number of benzene rings is 1. The first-order valence-electron chi connectivity index (χ1n) is 7.08. The van der Waals surface area contributed by atoms with Crippen LogP contribution in [0.2, 0.25) is 0 Å². The Morgan fingerprint density at radius 2 is 2.05 bits per heavy atom. The minimum atomic E-state index is -0.288. The summed E-state index contributed by atoms with van der Waals surface area (Å²) in [7, 11) is 0. The molecule has 3 rings (SSSR count). The van der Waals surface area contributed by atoms with E-state index in [-0.39, 0.29) is 17.6 Å². The number of nitrogens with zero attached hydrogens (tertiary/aromatic N) is 2. The van der Waals surface area contributed by atoms with E-state index in [1.807, 2.05) is 18.7 Å². The predicted octanol–water partition coefficient (Wildman–Crippen LogP) is 3.02. The molecule has 1 amide bonds. The molecule has 2 heterocycles. The highest BCUT2D eigenvalue weighted by Gasteiger charge is 2.28. The molecular formula is C16H17FN2O2. The van der Waals surface area contributed by atoms with Crippen molar-refractivity contribution in [2.75, 3.05) is 6.54 Å². The molecule has 5 heteroatoms. The Labute approximate surface area is 122 Å². The maximum atomic E-state index is 13.0. The lowest BCUT2D eigenvalue weighted by Gasteiger charge is -2.27. The highest BCUT2D eigenvalue weighted by atomic mass is 19.1. The molecule has 0 aliphatic carbocycles. The summed E-state index contributed by atoms with van der Waals surface area (Å²) in [6.45, 7) is 4.96. The molecule has 0 unspecified atom stereocenters. The van der Waals surface area contributed by atoms with E-state index in [2.05, 4.69) is 5.16 Å². The van der Waals surface area contributed by atoms with Gasteiger partial charge in [0.1, 0.15) is 5.82 Å². The van der Waals surface area contributed by atoms with Crippen LogP contribution in [0.5, 0.6) is 0 Å². The molecule has 1 aliphatic heterocycles. The first-order chi connectivity index (χ1) is 10.1. The lowest BCUT2D eigenvalue weighted by Crippen LogP contribution is -2.38. The number of aromatic nitrogens is 1. The normalized spacial score (nSPS) is 14.4. The Kier molecular flexibility index (Phi) is 3.49. The van der Waals surface area contributed by atoms with Crippen LogP contribution in [0.15, 0.2) is 28.8 Å². The molecule has 4 nitrogen and oxygen atoms in total. The van der Waals surface area contributed by atoms with Crippen LogP contribution in [0.3, 0.4) is 0 Å². The van der Waals surface area contributed by atoms with Crippen molar-refractivity contribution < 1.29 is 13.7 Å². The SMILES string of the molecule is CC(C)C(=O)N1CCc2noc(-c3ccc(F)cc3)c2C1. The fraction of sp³-hybridized carbons (Fsp3) is 0.375. The largest absolute Gasteiger partial charge is 0.356 e. The van der Waals surface area contributed by atoms with E-state index in [0.717, 1.165) is 16.8 Å². The van der Waals surface area contributed by atoms with Gasteiger partial charge in [-0.3, -0.25) is 4.79 Å². The quantitative estimate of drug-likeness (QED) is 0.853. The Morgan fingerprint density at radius 3 is 2.71 bits per heavy atom. The van der Waals surface area contributed by atoms with Crippen molar-refractivity contribution in [1.29, 1.82) is 0 Å². The van der Waals surface area contributed by atoms with Crippen LogP contribution in [0.25, 0.3) is 11.3 Å². The third-order valence-corrected chi connectivity index (χ3v) is 3.75. The summed E-state index contributed by atoms with van der Waals surface area (Å²) < 4.78 is 18.4. The molecule has 110 valence electrons. The van der Waals surface area contributed by atoms with Gasteiger partial charge in [0.05, 0.1) is 12.2 Å². The lowest BCUT2D eigenvalue weighted by atomic mass is 10.0. The summed E-state index contributed by atoms with van der Waals surface area (Å²) in [5.74, 6) is 0.447. The van der Waals surface area contributed by atoms with Crippen LogP contribution < -0.4 is 0 Å². The summed E-state index contributed by atoms with van der Waals surface area (Å²) in [4.78, 5) is 14.0. The van der Waals surface area contributed by atoms with Gasteiger partial charge in [-0.1, -0.05) is 19.0 Å². The van der Waals surface area contributed by atoms with E-state index >= 15 is 0 Å². The van der Waals surface area contributed by atoms with Crippen LogP contribution in [0.1, 0.15) is 25.1 Å². The number of hydrogen-bond acceptors (Lipinski definition) is 3. The molecule has 0 bridgehead atoms. The highest BCUT2D eigenvalue weighted by Crippen LogP contribution is 2.31. The second-order valence-electron chi connectivity index (χ2n) is 5.61. The van der Waals surface area contributed by atoms with Crippen LogP contribution in [0.4, 0.5) is 4.39 Å². The number of fused-ring (bicyclic) bond motifs is 1. The molecule has 0 saturated carbocycles. The summed E-state index contributed by atoms with van der Waals surface area (Å²) in [6.07, 6.45) is 0.693. The third kappa shape index (κ3) is 2.55. The molecule has 0 fully saturated rings. The predicted molar refractivity (Wildman–Crippen MR) is 75.9 cm³/mol. The van der Waals surface area contributed by atoms with E-state index < -0.39 is 0 Å². The van der Waals surface area contributed by atoms with E-state index in [0.29, 0.717) is 25.3 Å². The number of amides is 1. The Bertz CT molecular complexity index is 661. The molecular weight excluding hydrogens is 271 g/mol. The maximum Gasteiger partial charge on any atom is 0.225 e. The second-order valence-corrected chi connectivity index (χ2v) is 5.61. The number of rotatable bonds is 2. The molecule has 0 spiro atoms. The molecule has 1 aromatic carbocycles. The average Bonchev–Trinajstić information content (AvgIpc) is 2.90. The van der Waals surface area contributed by atoms with E-state index in [4.69, 9.17) is 4.52 Å². The zero-order valence-corrected chi connectivity index (χ0v) is 12.1. The van der Waals surface area contributed by atoms with Gasteiger partial charge in [-0.2, -0.15) is 0 Å². The van der Waals surface area contributed by atoms with Crippen LogP contribution in [0, 0.1) is 11.7 Å². The van der Waals surface area contributed by atoms with Crippen LogP contribution in [-0.4, -0.2) is 22.5 Å². The van der Waals surface area contributed by atoms with Crippen molar-refractivity contribution in [3.05, 3.63) is 41.3 Å². The Morgan fingerprint density at radius 1 is 1.33 bits per heavy atom. The summed E-state index contributed by atoms with van der Waals surface area (Å²) in [5.41, 5.74) is 2.60. The molecule has 0 radical (unpaired) electrons. The molecule has 21 heavy (non-hydrogen) atoms. The standard InChI is InChI=1S/C16H17FN2O2/c1-10(2)16(20)19-8-7-14-13(9-19)15(21-18-14)11-3-5-12(17)6-4-11/h3-6,10H,7-9H2,1-2H3.